The Morgan fingerprint density at radius 3 is 2.52 bits per heavy atom. The molecule has 1 saturated carbocycles. The molecule has 356 valence electrons. The summed E-state index contributed by atoms with van der Waals surface area (Å²) in [5.41, 5.74) is 9.58. The number of cyclic esters (lactones) is 1. The Hall–Kier alpha value is -6.06. The number of rotatable bonds is 10. The molecule has 3 fully saturated rings. The van der Waals surface area contributed by atoms with Gasteiger partial charge in [-0.15, -0.1) is 0 Å². The Kier molecular flexibility index (Phi) is 13.4. The van der Waals surface area contributed by atoms with Gasteiger partial charge in [-0.1, -0.05) is 46.4 Å². The van der Waals surface area contributed by atoms with E-state index in [-0.39, 0.29) is 66.9 Å². The van der Waals surface area contributed by atoms with Crippen LogP contribution in [0.4, 0.5) is 0 Å². The lowest BCUT2D eigenvalue weighted by Crippen LogP contribution is -2.62. The number of aryl methyl sites for hydroxylation is 1. The van der Waals surface area contributed by atoms with Crippen molar-refractivity contribution in [2.75, 3.05) is 40.4 Å². The molecule has 67 heavy (non-hydrogen) atoms. The van der Waals surface area contributed by atoms with Crippen LogP contribution < -0.4 is 10.7 Å². The van der Waals surface area contributed by atoms with Crippen molar-refractivity contribution < 1.29 is 38.6 Å². The maximum atomic E-state index is 14.7. The lowest BCUT2D eigenvalue weighted by atomic mass is 9.84. The van der Waals surface area contributed by atoms with E-state index in [1.165, 1.54) is 16.0 Å². The highest BCUT2D eigenvalue weighted by atomic mass is 16.5. The molecule has 4 aromatic rings. The number of fused-ring (bicyclic) bond motifs is 7. The van der Waals surface area contributed by atoms with Crippen LogP contribution in [0.25, 0.3) is 33.3 Å². The van der Waals surface area contributed by atoms with Crippen molar-refractivity contribution in [1.29, 1.82) is 0 Å². The van der Waals surface area contributed by atoms with Crippen LogP contribution in [-0.2, 0) is 52.8 Å². The Bertz CT molecular complexity index is 2590. The zero-order valence-corrected chi connectivity index (χ0v) is 40.0. The number of aromatic hydroxyl groups is 1. The summed E-state index contributed by atoms with van der Waals surface area (Å²) < 4.78 is 14.2. The summed E-state index contributed by atoms with van der Waals surface area (Å²) in [6.45, 7) is 17.5. The average Bonchev–Trinajstić information content (AvgIpc) is 3.64. The maximum absolute atomic E-state index is 14.7. The third-order valence-electron chi connectivity index (χ3n) is 14.3. The van der Waals surface area contributed by atoms with Gasteiger partial charge in [-0.3, -0.25) is 34.0 Å². The van der Waals surface area contributed by atoms with Crippen LogP contribution in [0.3, 0.4) is 0 Å². The van der Waals surface area contributed by atoms with Gasteiger partial charge in [-0.05, 0) is 116 Å². The number of phenols is 1. The first-order valence-electron chi connectivity index (χ1n) is 23.6. The molecule has 4 amide bonds. The van der Waals surface area contributed by atoms with Crippen molar-refractivity contribution in [2.24, 2.45) is 29.1 Å². The molecule has 5 heterocycles. The Balaban J connectivity index is 1.18. The number of esters is 1. The van der Waals surface area contributed by atoms with Crippen molar-refractivity contribution in [1.82, 2.24) is 35.1 Å². The second-order valence-electron chi connectivity index (χ2n) is 20.0. The fourth-order valence-corrected chi connectivity index (χ4v) is 10.8. The molecule has 3 aliphatic heterocycles. The molecule has 0 spiro atoms. The number of benzene rings is 2. The number of ether oxygens (including phenoxy) is 2. The Morgan fingerprint density at radius 1 is 1.09 bits per heavy atom. The monoisotopic (exact) mass is 915 g/mol. The van der Waals surface area contributed by atoms with Gasteiger partial charge in [0.2, 0.25) is 17.7 Å². The highest BCUT2D eigenvalue weighted by Crippen LogP contribution is 2.53. The lowest BCUT2D eigenvalue weighted by Gasteiger charge is -2.37. The van der Waals surface area contributed by atoms with Gasteiger partial charge < -0.3 is 34.3 Å². The second kappa shape index (κ2) is 18.9. The van der Waals surface area contributed by atoms with E-state index < -0.39 is 41.3 Å². The summed E-state index contributed by atoms with van der Waals surface area (Å²) in [7, 11) is 3.30. The van der Waals surface area contributed by atoms with Crippen LogP contribution in [0.1, 0.15) is 77.3 Å². The van der Waals surface area contributed by atoms with Crippen LogP contribution >= 0.6 is 0 Å². The predicted octanol–water partition coefficient (Wildman–Crippen LogP) is 5.83. The fourth-order valence-electron chi connectivity index (χ4n) is 10.8. The third-order valence-corrected chi connectivity index (χ3v) is 14.3. The van der Waals surface area contributed by atoms with E-state index in [0.717, 1.165) is 44.5 Å². The molecule has 2 aromatic carbocycles. The van der Waals surface area contributed by atoms with Crippen LogP contribution in [0.15, 0.2) is 67.4 Å². The molecule has 2 aromatic heterocycles. The number of piperidine rings is 1. The van der Waals surface area contributed by atoms with Gasteiger partial charge in [-0.25, -0.2) is 5.43 Å². The second-order valence-corrected chi connectivity index (χ2v) is 20.0. The van der Waals surface area contributed by atoms with Crippen molar-refractivity contribution in [3.63, 3.8) is 0 Å². The molecule has 15 nitrogen and oxygen atoms in total. The number of likely N-dealkylation sites (N-methyl/N-ethyl adjacent to an activating group) is 1. The number of carbonyl (C=O) groups is 5. The molecule has 15 heteroatoms. The van der Waals surface area contributed by atoms with Crippen LogP contribution in [-0.4, -0.2) is 118 Å². The summed E-state index contributed by atoms with van der Waals surface area (Å²) in [5, 5.41) is 16.8. The van der Waals surface area contributed by atoms with E-state index in [2.05, 4.69) is 60.9 Å². The first kappa shape index (κ1) is 47.4. The topological polar surface area (TPSA) is 176 Å². The van der Waals surface area contributed by atoms with E-state index in [0.29, 0.717) is 44.5 Å². The molecule has 0 radical (unpaired) electrons. The van der Waals surface area contributed by atoms with Gasteiger partial charge in [0.15, 0.2) is 0 Å². The number of likely N-dealkylation sites (tertiary alicyclic amines) is 1. The number of amides is 4. The van der Waals surface area contributed by atoms with Crippen molar-refractivity contribution >= 4 is 40.5 Å². The first-order chi connectivity index (χ1) is 31.9. The van der Waals surface area contributed by atoms with E-state index in [1.807, 2.05) is 39.0 Å². The van der Waals surface area contributed by atoms with Crippen LogP contribution in [0.2, 0.25) is 0 Å². The number of pyridine rings is 1. The van der Waals surface area contributed by atoms with E-state index >= 15 is 0 Å². The van der Waals surface area contributed by atoms with Crippen molar-refractivity contribution in [2.45, 2.75) is 98.0 Å². The normalized spacial score (nSPS) is 23.5. The van der Waals surface area contributed by atoms with E-state index in [1.54, 1.807) is 37.4 Å². The lowest BCUT2D eigenvalue weighted by molar-refractivity contribution is -0.155. The van der Waals surface area contributed by atoms with Gasteiger partial charge in [-0.2, -0.15) is 0 Å². The van der Waals surface area contributed by atoms with Gasteiger partial charge >= 0.3 is 5.97 Å². The number of aromatic nitrogens is 2. The van der Waals surface area contributed by atoms with Gasteiger partial charge in [0, 0.05) is 80.8 Å². The fraction of sp³-hybridized carbons (Fsp3) is 0.500. The molecule has 2 saturated heterocycles. The molecule has 7 atom stereocenters. The molecule has 6 bridgehead atoms. The number of hydrazine groups is 1. The Labute approximate surface area is 392 Å². The summed E-state index contributed by atoms with van der Waals surface area (Å²) in [5.74, 6) is -2.35. The summed E-state index contributed by atoms with van der Waals surface area (Å²) in [6.07, 6.45) is 4.28. The molecule has 4 aliphatic rings. The van der Waals surface area contributed by atoms with E-state index in [9.17, 15) is 29.1 Å². The zero-order chi connectivity index (χ0) is 48.1. The quantitative estimate of drug-likeness (QED) is 0.130. The minimum absolute atomic E-state index is 0.00118. The predicted molar refractivity (Wildman–Crippen MR) is 254 cm³/mol. The van der Waals surface area contributed by atoms with Gasteiger partial charge in [0.1, 0.15) is 23.9 Å². The number of nitrogens with zero attached hydrogens (tertiary/aromatic N) is 5. The van der Waals surface area contributed by atoms with Crippen molar-refractivity contribution in [3.8, 4) is 28.1 Å². The smallest absolute Gasteiger partial charge is 0.324 e. The first-order valence-corrected chi connectivity index (χ1v) is 23.6. The summed E-state index contributed by atoms with van der Waals surface area (Å²) in [4.78, 5) is 77.5. The number of methoxy groups -OCH3 is 1. The number of phenolic OH excluding ortho intramolecular Hbond substituents is 1. The molecule has 3 N–H and O–H groups in total. The van der Waals surface area contributed by atoms with Crippen LogP contribution in [0, 0.1) is 29.1 Å². The van der Waals surface area contributed by atoms with E-state index in [4.69, 9.17) is 14.5 Å². The third kappa shape index (κ3) is 9.32. The largest absolute Gasteiger partial charge is 0.508 e. The minimum Gasteiger partial charge on any atom is -0.508 e. The molecule has 8 rings (SSSR count). The number of nitrogens with one attached hydrogen (secondary N) is 2. The number of hydrogen-bond donors (Lipinski definition) is 3. The molecule has 1 aliphatic carbocycles. The summed E-state index contributed by atoms with van der Waals surface area (Å²) >= 11 is 0. The molecular formula is C52H65N7O8. The number of hydrogen-bond acceptors (Lipinski definition) is 10. The average molecular weight is 916 g/mol. The Morgan fingerprint density at radius 2 is 1.84 bits per heavy atom. The highest BCUT2D eigenvalue weighted by Gasteiger charge is 2.61. The van der Waals surface area contributed by atoms with Crippen molar-refractivity contribution in [3.05, 3.63) is 84.2 Å². The zero-order valence-electron chi connectivity index (χ0n) is 40.0. The minimum atomic E-state index is -1.15. The molecule has 0 unspecified atom stereocenters. The summed E-state index contributed by atoms with van der Waals surface area (Å²) in [6, 6.07) is 12.6. The van der Waals surface area contributed by atoms with Gasteiger partial charge in [0.05, 0.1) is 24.1 Å². The van der Waals surface area contributed by atoms with Crippen LogP contribution in [0.5, 0.6) is 5.75 Å². The highest BCUT2D eigenvalue weighted by molar-refractivity contribution is 5.96. The van der Waals surface area contributed by atoms with Gasteiger partial charge in [0.25, 0.3) is 5.91 Å². The maximum Gasteiger partial charge on any atom is 0.324 e. The molecular weight excluding hydrogens is 851 g/mol. The number of carbonyl (C=O) groups excluding carboxylic acids is 5. The standard InChI is InChI=1S/C52H65N7O8/c1-10-43(61)57-26-38-39(27-57)44(38)50(64)56(8)46(29(3)4)48(62)54-41-22-31-20-33(23-34(60)21-31)32-16-17-42-36(24-32)37(47(58(42)11-2)35-14-12-18-53-45(35)30(5)66-9)25-52(6,7)28-67-51(65)40-15-13-19-59(55-40)49(41)63/h10,12,14,16-18,20-21,23-24,29-30,38-41,44,46,55,60H,1,11,13,15,19,22,25-28H2,2-9H3,(H,54,62)/t30-,38-,39+,40-,41-,44-,46-/m0/s1. The SMILES string of the molecule is C=CC(=O)N1C[C@@H]2[C@H](C1)[C@@H]2C(=O)N(C)[C@H](C(=O)N[C@H]1Cc2cc(O)cc(c2)-c2ccc3c(c2)c(c(-c2cccnc2[C@H](C)OC)n3CC)CC(C)(C)COC(=O)[C@@H]2CCCN(N2)C1=O)C(C)C.